The van der Waals surface area contributed by atoms with Gasteiger partial charge in [0.25, 0.3) is 0 Å². The summed E-state index contributed by atoms with van der Waals surface area (Å²) in [7, 11) is 0. The third-order valence-corrected chi connectivity index (χ3v) is 5.72. The first-order valence-electron chi connectivity index (χ1n) is 8.14. The van der Waals surface area contributed by atoms with Crippen LogP contribution >= 0.6 is 11.3 Å². The second-order valence-electron chi connectivity index (χ2n) is 6.49. The van der Waals surface area contributed by atoms with E-state index in [4.69, 9.17) is 4.74 Å². The molecule has 0 spiro atoms. The molecule has 4 heteroatoms. The molecule has 1 aliphatic carbocycles. The average molecular weight is 324 g/mol. The molecule has 0 saturated heterocycles. The Morgan fingerprint density at radius 1 is 1.22 bits per heavy atom. The van der Waals surface area contributed by atoms with Crippen molar-refractivity contribution in [3.63, 3.8) is 0 Å². The van der Waals surface area contributed by atoms with E-state index in [9.17, 15) is 0 Å². The fourth-order valence-corrected chi connectivity index (χ4v) is 4.53. The average Bonchev–Trinajstić information content (AvgIpc) is 2.92. The van der Waals surface area contributed by atoms with E-state index >= 15 is 0 Å². The number of hydrogen-bond acceptors (Lipinski definition) is 4. The van der Waals surface area contributed by atoms with E-state index in [0.717, 1.165) is 34.9 Å². The molecule has 0 amide bonds. The fourth-order valence-electron chi connectivity index (χ4n) is 3.19. The molecule has 118 valence electrons. The number of benzene rings is 1. The van der Waals surface area contributed by atoms with E-state index in [1.54, 1.807) is 6.33 Å². The molecule has 1 aliphatic rings. The van der Waals surface area contributed by atoms with Gasteiger partial charge in [-0.25, -0.2) is 9.97 Å². The van der Waals surface area contributed by atoms with E-state index in [2.05, 4.69) is 48.1 Å². The maximum Gasteiger partial charge on any atom is 0.225 e. The Balaban J connectivity index is 1.66. The van der Waals surface area contributed by atoms with Crippen LogP contribution in [0.5, 0.6) is 5.88 Å². The van der Waals surface area contributed by atoms with Crippen molar-refractivity contribution in [2.45, 2.75) is 39.7 Å². The maximum atomic E-state index is 6.05. The lowest BCUT2D eigenvalue weighted by Gasteiger charge is -2.18. The highest BCUT2D eigenvalue weighted by atomic mass is 32.1. The minimum Gasteiger partial charge on any atom is -0.472 e. The van der Waals surface area contributed by atoms with E-state index in [0.29, 0.717) is 6.61 Å². The number of nitrogens with zero attached hydrogens (tertiary/aromatic N) is 2. The van der Waals surface area contributed by atoms with Crippen LogP contribution in [0.2, 0.25) is 0 Å². The molecule has 23 heavy (non-hydrogen) atoms. The van der Waals surface area contributed by atoms with Gasteiger partial charge < -0.3 is 4.74 Å². The number of aromatic nitrogens is 2. The summed E-state index contributed by atoms with van der Waals surface area (Å²) in [5, 5.41) is 1.14. The molecule has 1 atom stereocenters. The van der Waals surface area contributed by atoms with Crippen LogP contribution in [0.3, 0.4) is 0 Å². The number of rotatable bonds is 3. The maximum absolute atomic E-state index is 6.05. The van der Waals surface area contributed by atoms with E-state index < -0.39 is 0 Å². The monoisotopic (exact) mass is 324 g/mol. The van der Waals surface area contributed by atoms with E-state index in [-0.39, 0.29) is 0 Å². The molecule has 3 aromatic rings. The van der Waals surface area contributed by atoms with Crippen molar-refractivity contribution >= 4 is 21.6 Å². The summed E-state index contributed by atoms with van der Waals surface area (Å²) < 4.78 is 6.05. The van der Waals surface area contributed by atoms with E-state index in [1.807, 2.05) is 11.3 Å². The summed E-state index contributed by atoms with van der Waals surface area (Å²) in [5.74, 6) is 1.50. The molecule has 1 aromatic carbocycles. The summed E-state index contributed by atoms with van der Waals surface area (Å²) in [6.07, 6.45) is 5.14. The Morgan fingerprint density at radius 3 is 2.87 bits per heavy atom. The minimum atomic E-state index is 0.549. The molecule has 0 saturated carbocycles. The molecular formula is C19H20N2OS. The summed E-state index contributed by atoms with van der Waals surface area (Å²) in [6, 6.07) is 8.45. The predicted octanol–water partition coefficient (Wildman–Crippen LogP) is 4.70. The molecule has 0 N–H and O–H groups in total. The molecule has 0 aliphatic heterocycles. The van der Waals surface area contributed by atoms with Gasteiger partial charge in [0, 0.05) is 4.88 Å². The lowest BCUT2D eigenvalue weighted by Crippen LogP contribution is -2.09. The Morgan fingerprint density at radius 2 is 2.04 bits per heavy atom. The Hall–Kier alpha value is -1.94. The van der Waals surface area contributed by atoms with Gasteiger partial charge in [-0.1, -0.05) is 36.8 Å². The van der Waals surface area contributed by atoms with Crippen molar-refractivity contribution in [2.75, 3.05) is 0 Å². The first kappa shape index (κ1) is 14.6. The zero-order valence-corrected chi connectivity index (χ0v) is 14.3. The van der Waals surface area contributed by atoms with Gasteiger partial charge in [0.15, 0.2) is 0 Å². The second kappa shape index (κ2) is 5.93. The first-order valence-corrected chi connectivity index (χ1v) is 8.96. The summed E-state index contributed by atoms with van der Waals surface area (Å²) >= 11 is 1.81. The van der Waals surface area contributed by atoms with Crippen LogP contribution < -0.4 is 4.74 Å². The molecule has 0 bridgehead atoms. The number of hydrogen-bond donors (Lipinski definition) is 0. The van der Waals surface area contributed by atoms with Crippen molar-refractivity contribution in [3.05, 3.63) is 52.2 Å². The Labute approximate surface area is 140 Å². The second-order valence-corrected chi connectivity index (χ2v) is 7.57. The third-order valence-electron chi connectivity index (χ3n) is 4.55. The zero-order valence-electron chi connectivity index (χ0n) is 13.5. The highest BCUT2D eigenvalue weighted by molar-refractivity contribution is 7.18. The van der Waals surface area contributed by atoms with Crippen LogP contribution in [0.1, 0.15) is 34.9 Å². The number of ether oxygens (including phenoxy) is 1. The van der Waals surface area contributed by atoms with Crippen LogP contribution in [0.25, 0.3) is 10.2 Å². The van der Waals surface area contributed by atoms with Crippen LogP contribution in [-0.4, -0.2) is 9.97 Å². The van der Waals surface area contributed by atoms with Gasteiger partial charge in [-0.05, 0) is 43.2 Å². The molecule has 2 heterocycles. The summed E-state index contributed by atoms with van der Waals surface area (Å²) in [4.78, 5) is 11.4. The largest absolute Gasteiger partial charge is 0.472 e. The molecule has 3 nitrogen and oxygen atoms in total. The zero-order chi connectivity index (χ0) is 15.8. The quantitative estimate of drug-likeness (QED) is 0.700. The highest BCUT2D eigenvalue weighted by Gasteiger charge is 2.23. The number of fused-ring (bicyclic) bond motifs is 3. The van der Waals surface area contributed by atoms with Gasteiger partial charge in [0.1, 0.15) is 17.8 Å². The van der Waals surface area contributed by atoms with Gasteiger partial charge in [0.05, 0.1) is 5.39 Å². The lowest BCUT2D eigenvalue weighted by atomic mass is 9.89. The van der Waals surface area contributed by atoms with Crippen LogP contribution in [0, 0.1) is 12.8 Å². The molecule has 2 aromatic heterocycles. The number of thiophene rings is 1. The minimum absolute atomic E-state index is 0.549. The van der Waals surface area contributed by atoms with Gasteiger partial charge in [-0.3, -0.25) is 0 Å². The third kappa shape index (κ3) is 2.83. The number of aryl methyl sites for hydroxylation is 2. The smallest absolute Gasteiger partial charge is 0.225 e. The van der Waals surface area contributed by atoms with Crippen molar-refractivity contribution < 1.29 is 4.74 Å². The molecule has 0 fully saturated rings. The predicted molar refractivity (Wildman–Crippen MR) is 94.1 cm³/mol. The van der Waals surface area contributed by atoms with Gasteiger partial charge in [-0.2, -0.15) is 0 Å². The molecule has 0 unspecified atom stereocenters. The normalized spacial score (nSPS) is 17.2. The van der Waals surface area contributed by atoms with Gasteiger partial charge in [-0.15, -0.1) is 11.3 Å². The van der Waals surface area contributed by atoms with Gasteiger partial charge in [0.2, 0.25) is 5.88 Å². The molecule has 0 radical (unpaired) electrons. The van der Waals surface area contributed by atoms with Crippen molar-refractivity contribution in [1.29, 1.82) is 0 Å². The standard InChI is InChI=1S/C19H20N2OS/c1-12-3-6-14(7-4-12)10-22-18-17-15-8-5-13(2)9-16(15)23-19(17)21-11-20-18/h3-4,6-7,11,13H,5,8-10H2,1-2H3/t13-/m1/s1. The van der Waals surface area contributed by atoms with Crippen molar-refractivity contribution in [3.8, 4) is 5.88 Å². The van der Waals surface area contributed by atoms with Crippen LogP contribution in [0.15, 0.2) is 30.6 Å². The first-order chi connectivity index (χ1) is 11.2. The highest BCUT2D eigenvalue weighted by Crippen LogP contribution is 2.40. The fraction of sp³-hybridized carbons (Fsp3) is 0.368. The topological polar surface area (TPSA) is 35.0 Å². The molecule has 4 rings (SSSR count). The van der Waals surface area contributed by atoms with E-state index in [1.165, 1.54) is 28.0 Å². The summed E-state index contributed by atoms with van der Waals surface area (Å²) in [5.41, 5.74) is 3.85. The SMILES string of the molecule is Cc1ccc(COc2ncnc3sc4c(c23)CC[C@@H](C)C4)cc1. The molecular weight excluding hydrogens is 304 g/mol. The van der Waals surface area contributed by atoms with Crippen LogP contribution in [0.4, 0.5) is 0 Å². The Bertz CT molecular complexity index is 838. The van der Waals surface area contributed by atoms with Crippen molar-refractivity contribution in [1.82, 2.24) is 9.97 Å². The van der Waals surface area contributed by atoms with Crippen LogP contribution in [-0.2, 0) is 19.4 Å². The van der Waals surface area contributed by atoms with Crippen molar-refractivity contribution in [2.24, 2.45) is 5.92 Å². The summed E-state index contributed by atoms with van der Waals surface area (Å²) in [6.45, 7) is 4.97. The lowest BCUT2D eigenvalue weighted by molar-refractivity contribution is 0.297. The van der Waals surface area contributed by atoms with Gasteiger partial charge >= 0.3 is 0 Å². The Kier molecular flexibility index (Phi) is 3.77.